The Balaban J connectivity index is 1.98. The summed E-state index contributed by atoms with van der Waals surface area (Å²) < 4.78 is 5.26. The molecule has 5 nitrogen and oxygen atoms in total. The Hall–Kier alpha value is -3.13. The topological polar surface area (TPSA) is 79.2 Å². The zero-order valence-corrected chi connectivity index (χ0v) is 14.9. The SMILES string of the molecule is CC[C@H](C)[C@H](C(=O)OCC(=O)Nc1cccc(C#N)c1)c1ccccc1. The predicted molar refractivity (Wildman–Crippen MR) is 99.4 cm³/mol. The zero-order chi connectivity index (χ0) is 18.9. The van der Waals surface area contributed by atoms with Crippen molar-refractivity contribution in [3.8, 4) is 6.07 Å². The van der Waals surface area contributed by atoms with Crippen LogP contribution in [0.1, 0.15) is 37.3 Å². The van der Waals surface area contributed by atoms with E-state index in [4.69, 9.17) is 10.00 Å². The molecule has 1 amide bonds. The number of hydrogen-bond acceptors (Lipinski definition) is 4. The van der Waals surface area contributed by atoms with Crippen molar-refractivity contribution in [1.82, 2.24) is 0 Å². The van der Waals surface area contributed by atoms with Crippen molar-refractivity contribution in [3.63, 3.8) is 0 Å². The van der Waals surface area contributed by atoms with Gasteiger partial charge < -0.3 is 10.1 Å². The van der Waals surface area contributed by atoms with Gasteiger partial charge in [0.05, 0.1) is 17.6 Å². The van der Waals surface area contributed by atoms with Crippen molar-refractivity contribution in [1.29, 1.82) is 5.26 Å². The molecule has 0 saturated carbocycles. The third-order valence-corrected chi connectivity index (χ3v) is 4.25. The molecule has 2 atom stereocenters. The van der Waals surface area contributed by atoms with E-state index in [0.717, 1.165) is 12.0 Å². The molecule has 0 aliphatic heterocycles. The second-order valence-corrected chi connectivity index (χ2v) is 6.12. The quantitative estimate of drug-likeness (QED) is 0.769. The van der Waals surface area contributed by atoms with Crippen LogP contribution in [0.5, 0.6) is 0 Å². The molecule has 2 aromatic carbocycles. The summed E-state index contributed by atoms with van der Waals surface area (Å²) in [4.78, 5) is 24.6. The van der Waals surface area contributed by atoms with Gasteiger partial charge in [-0.1, -0.05) is 56.7 Å². The molecule has 0 heterocycles. The van der Waals surface area contributed by atoms with Crippen LogP contribution in [0.3, 0.4) is 0 Å². The molecule has 0 bridgehead atoms. The number of amides is 1. The van der Waals surface area contributed by atoms with E-state index in [2.05, 4.69) is 5.32 Å². The van der Waals surface area contributed by atoms with Gasteiger partial charge in [-0.25, -0.2) is 0 Å². The molecule has 5 heteroatoms. The van der Waals surface area contributed by atoms with Crippen LogP contribution in [0.4, 0.5) is 5.69 Å². The lowest BCUT2D eigenvalue weighted by Gasteiger charge is -2.21. The van der Waals surface area contributed by atoms with Gasteiger partial charge in [-0.15, -0.1) is 0 Å². The lowest BCUT2D eigenvalue weighted by atomic mass is 9.86. The van der Waals surface area contributed by atoms with E-state index in [1.807, 2.05) is 50.2 Å². The van der Waals surface area contributed by atoms with E-state index in [1.165, 1.54) is 0 Å². The van der Waals surface area contributed by atoms with Gasteiger partial charge in [0.1, 0.15) is 0 Å². The van der Waals surface area contributed by atoms with Crippen molar-refractivity contribution < 1.29 is 14.3 Å². The summed E-state index contributed by atoms with van der Waals surface area (Å²) in [7, 11) is 0. The maximum absolute atomic E-state index is 12.6. The first-order valence-corrected chi connectivity index (χ1v) is 8.56. The molecular weight excluding hydrogens is 328 g/mol. The van der Waals surface area contributed by atoms with Gasteiger partial charge >= 0.3 is 5.97 Å². The summed E-state index contributed by atoms with van der Waals surface area (Å²) in [5.41, 5.74) is 1.82. The van der Waals surface area contributed by atoms with Gasteiger partial charge in [-0.2, -0.15) is 5.26 Å². The second-order valence-electron chi connectivity index (χ2n) is 6.12. The Kier molecular flexibility index (Phi) is 6.92. The first kappa shape index (κ1) is 19.2. The maximum atomic E-state index is 12.6. The first-order chi connectivity index (χ1) is 12.5. The summed E-state index contributed by atoms with van der Waals surface area (Å²) >= 11 is 0. The molecule has 0 unspecified atom stereocenters. The zero-order valence-electron chi connectivity index (χ0n) is 14.9. The number of ether oxygens (including phenoxy) is 1. The number of nitrogens with zero attached hydrogens (tertiary/aromatic N) is 1. The molecule has 134 valence electrons. The summed E-state index contributed by atoms with van der Waals surface area (Å²) in [6.07, 6.45) is 0.821. The molecule has 2 rings (SSSR count). The molecule has 0 aliphatic carbocycles. The van der Waals surface area contributed by atoms with Gasteiger partial charge in [0.2, 0.25) is 0 Å². The van der Waals surface area contributed by atoms with Crippen LogP contribution < -0.4 is 5.32 Å². The molecule has 0 radical (unpaired) electrons. The number of carbonyl (C=O) groups excluding carboxylic acids is 2. The number of esters is 1. The smallest absolute Gasteiger partial charge is 0.314 e. The Morgan fingerprint density at radius 3 is 2.54 bits per heavy atom. The minimum absolute atomic E-state index is 0.0975. The molecular formula is C21H22N2O3. The average molecular weight is 350 g/mol. The molecule has 0 saturated heterocycles. The van der Waals surface area contributed by atoms with Crippen molar-refractivity contribution >= 4 is 17.6 Å². The van der Waals surface area contributed by atoms with Gasteiger partial charge in [0.25, 0.3) is 5.91 Å². The predicted octanol–water partition coefficient (Wildman–Crippen LogP) is 3.87. The number of carbonyl (C=O) groups is 2. The van der Waals surface area contributed by atoms with Crippen LogP contribution >= 0.6 is 0 Å². The molecule has 0 aliphatic rings. The van der Waals surface area contributed by atoms with Crippen LogP contribution in [0.25, 0.3) is 0 Å². The highest BCUT2D eigenvalue weighted by atomic mass is 16.5. The Bertz CT molecular complexity index is 796. The summed E-state index contributed by atoms with van der Waals surface area (Å²) in [6.45, 7) is 3.64. The fraction of sp³-hybridized carbons (Fsp3) is 0.286. The number of hydrogen-bond donors (Lipinski definition) is 1. The summed E-state index contributed by atoms with van der Waals surface area (Å²) in [5, 5.41) is 11.5. The van der Waals surface area contributed by atoms with Gasteiger partial charge in [0, 0.05) is 5.69 Å². The molecule has 0 aromatic heterocycles. The van der Waals surface area contributed by atoms with E-state index in [0.29, 0.717) is 11.3 Å². The highest BCUT2D eigenvalue weighted by molar-refractivity contribution is 5.93. The van der Waals surface area contributed by atoms with Crippen LogP contribution in [0, 0.1) is 17.2 Å². The van der Waals surface area contributed by atoms with E-state index in [9.17, 15) is 9.59 Å². The van der Waals surface area contributed by atoms with Crippen molar-refractivity contribution in [3.05, 3.63) is 65.7 Å². The standard InChI is InChI=1S/C21H22N2O3/c1-3-15(2)20(17-9-5-4-6-10-17)21(25)26-14-19(24)23-18-11-7-8-16(12-18)13-22/h4-12,15,20H,3,14H2,1-2H3,(H,23,24)/t15-,20-/m0/s1. The van der Waals surface area contributed by atoms with Crippen molar-refractivity contribution in [2.45, 2.75) is 26.2 Å². The maximum Gasteiger partial charge on any atom is 0.314 e. The van der Waals surface area contributed by atoms with Crippen LogP contribution in [-0.4, -0.2) is 18.5 Å². The average Bonchev–Trinajstić information content (AvgIpc) is 2.67. The summed E-state index contributed by atoms with van der Waals surface area (Å²) in [5.74, 6) is -1.16. The van der Waals surface area contributed by atoms with Gasteiger partial charge in [-0.3, -0.25) is 9.59 Å². The lowest BCUT2D eigenvalue weighted by Crippen LogP contribution is -2.26. The van der Waals surface area contributed by atoms with Crippen molar-refractivity contribution in [2.75, 3.05) is 11.9 Å². The Morgan fingerprint density at radius 1 is 1.15 bits per heavy atom. The molecule has 2 aromatic rings. The number of nitriles is 1. The lowest BCUT2D eigenvalue weighted by molar-refractivity contribution is -0.150. The monoisotopic (exact) mass is 350 g/mol. The molecule has 26 heavy (non-hydrogen) atoms. The van der Waals surface area contributed by atoms with Crippen molar-refractivity contribution in [2.24, 2.45) is 5.92 Å². The largest absolute Gasteiger partial charge is 0.455 e. The number of benzene rings is 2. The van der Waals surface area contributed by atoms with Crippen LogP contribution in [-0.2, 0) is 14.3 Å². The molecule has 1 N–H and O–H groups in total. The van der Waals surface area contributed by atoms with Crippen LogP contribution in [0.2, 0.25) is 0 Å². The first-order valence-electron chi connectivity index (χ1n) is 8.56. The Labute approximate surface area is 153 Å². The molecule has 0 spiro atoms. The van der Waals surface area contributed by atoms with E-state index >= 15 is 0 Å². The number of rotatable bonds is 7. The van der Waals surface area contributed by atoms with E-state index < -0.39 is 17.8 Å². The number of nitrogens with one attached hydrogen (secondary N) is 1. The highest BCUT2D eigenvalue weighted by Gasteiger charge is 2.27. The summed E-state index contributed by atoms with van der Waals surface area (Å²) in [6, 6.07) is 18.0. The molecule has 0 fully saturated rings. The van der Waals surface area contributed by atoms with Gasteiger partial charge in [0.15, 0.2) is 6.61 Å². The fourth-order valence-electron chi connectivity index (χ4n) is 2.68. The highest BCUT2D eigenvalue weighted by Crippen LogP contribution is 2.28. The fourth-order valence-corrected chi connectivity index (χ4v) is 2.68. The normalized spacial score (nSPS) is 12.5. The third-order valence-electron chi connectivity index (χ3n) is 4.25. The minimum atomic E-state index is -0.440. The minimum Gasteiger partial charge on any atom is -0.455 e. The van der Waals surface area contributed by atoms with Crippen LogP contribution in [0.15, 0.2) is 54.6 Å². The van der Waals surface area contributed by atoms with E-state index in [1.54, 1.807) is 24.3 Å². The number of anilines is 1. The third kappa shape index (κ3) is 5.18. The Morgan fingerprint density at radius 2 is 1.88 bits per heavy atom. The van der Waals surface area contributed by atoms with Gasteiger partial charge in [-0.05, 0) is 29.7 Å². The second kappa shape index (κ2) is 9.38. The van der Waals surface area contributed by atoms with E-state index in [-0.39, 0.29) is 12.5 Å².